The number of benzene rings is 2. The number of nitrogens with zero attached hydrogens (tertiary/aromatic N) is 4. The highest BCUT2D eigenvalue weighted by molar-refractivity contribution is 5.97. The minimum absolute atomic E-state index is 0.0923. The molecule has 0 radical (unpaired) electrons. The van der Waals surface area contributed by atoms with Gasteiger partial charge in [0.05, 0.1) is 6.04 Å². The number of hydrogen-bond donors (Lipinski definition) is 0. The van der Waals surface area contributed by atoms with Crippen molar-refractivity contribution in [1.82, 2.24) is 14.7 Å². The highest BCUT2D eigenvalue weighted by atomic mass is 16.2. The van der Waals surface area contributed by atoms with Crippen LogP contribution in [0.1, 0.15) is 35.4 Å². The van der Waals surface area contributed by atoms with Crippen molar-refractivity contribution in [3.8, 4) is 0 Å². The molecule has 5 heteroatoms. The number of aromatic nitrogens is 2. The van der Waals surface area contributed by atoms with Crippen molar-refractivity contribution in [2.24, 2.45) is 7.05 Å². The van der Waals surface area contributed by atoms with Gasteiger partial charge in [-0.2, -0.15) is 5.10 Å². The molecule has 2 aliphatic rings. The standard InChI is InChI=1S/C24H26N4O/c1-26-15-13-23(25-26)28-14-7-12-22(24(28)29)27-16-19-10-5-6-11-20(19)21(17-27)18-8-3-2-4-9-18/h2-6,8-11,13,15,21-22H,7,12,14,16-17H2,1H3. The highest BCUT2D eigenvalue weighted by Gasteiger charge is 2.38. The van der Waals surface area contributed by atoms with Crippen molar-refractivity contribution >= 4 is 11.7 Å². The molecule has 0 saturated carbocycles. The zero-order chi connectivity index (χ0) is 19.8. The molecule has 2 aromatic carbocycles. The number of rotatable bonds is 3. The molecule has 0 spiro atoms. The highest BCUT2D eigenvalue weighted by Crippen LogP contribution is 2.36. The van der Waals surface area contributed by atoms with E-state index in [9.17, 15) is 4.79 Å². The molecule has 29 heavy (non-hydrogen) atoms. The number of amides is 1. The Hall–Kier alpha value is -2.92. The van der Waals surface area contributed by atoms with Crippen LogP contribution in [0.2, 0.25) is 0 Å². The molecule has 0 aliphatic carbocycles. The molecule has 2 unspecified atom stereocenters. The van der Waals surface area contributed by atoms with E-state index in [2.05, 4.69) is 64.6 Å². The maximum absolute atomic E-state index is 13.4. The van der Waals surface area contributed by atoms with Crippen LogP contribution in [0.3, 0.4) is 0 Å². The van der Waals surface area contributed by atoms with E-state index >= 15 is 0 Å². The lowest BCUT2D eigenvalue weighted by atomic mass is 9.83. The second-order valence-corrected chi connectivity index (χ2v) is 8.09. The quantitative estimate of drug-likeness (QED) is 0.691. The lowest BCUT2D eigenvalue weighted by molar-refractivity contribution is -0.125. The normalized spacial score (nSPS) is 22.5. The van der Waals surface area contributed by atoms with Crippen molar-refractivity contribution in [3.05, 3.63) is 83.6 Å². The van der Waals surface area contributed by atoms with Crippen LogP contribution in [0.4, 0.5) is 5.82 Å². The summed E-state index contributed by atoms with van der Waals surface area (Å²) >= 11 is 0. The Kier molecular flexibility index (Phi) is 4.68. The van der Waals surface area contributed by atoms with E-state index in [1.165, 1.54) is 16.7 Å². The summed E-state index contributed by atoms with van der Waals surface area (Å²) in [6.07, 6.45) is 3.81. The summed E-state index contributed by atoms with van der Waals surface area (Å²) in [5, 5.41) is 4.47. The van der Waals surface area contributed by atoms with Gasteiger partial charge in [0, 0.05) is 44.9 Å². The van der Waals surface area contributed by atoms with Gasteiger partial charge in [-0.3, -0.25) is 19.3 Å². The Labute approximate surface area is 171 Å². The monoisotopic (exact) mass is 386 g/mol. The Balaban J connectivity index is 1.46. The number of hydrogen-bond acceptors (Lipinski definition) is 3. The fraction of sp³-hybridized carbons (Fsp3) is 0.333. The van der Waals surface area contributed by atoms with E-state index in [1.807, 2.05) is 24.2 Å². The summed E-state index contributed by atoms with van der Waals surface area (Å²) in [5.41, 5.74) is 4.03. The Bertz CT molecular complexity index is 1010. The van der Waals surface area contributed by atoms with Gasteiger partial charge in [0.25, 0.3) is 0 Å². The van der Waals surface area contributed by atoms with E-state index in [4.69, 9.17) is 0 Å². The third-order valence-electron chi connectivity index (χ3n) is 6.25. The summed E-state index contributed by atoms with van der Waals surface area (Å²) < 4.78 is 1.76. The van der Waals surface area contributed by atoms with Crippen LogP contribution >= 0.6 is 0 Å². The molecule has 1 amide bonds. The first-order chi connectivity index (χ1) is 14.2. The molecule has 2 aliphatic heterocycles. The maximum Gasteiger partial charge on any atom is 0.245 e. The molecular weight excluding hydrogens is 360 g/mol. The molecule has 1 saturated heterocycles. The van der Waals surface area contributed by atoms with Gasteiger partial charge >= 0.3 is 0 Å². The van der Waals surface area contributed by atoms with Crippen molar-refractivity contribution in [2.45, 2.75) is 31.3 Å². The molecule has 0 N–H and O–H groups in total. The topological polar surface area (TPSA) is 41.4 Å². The van der Waals surface area contributed by atoms with Crippen LogP contribution in [0.25, 0.3) is 0 Å². The van der Waals surface area contributed by atoms with E-state index in [1.54, 1.807) is 4.68 Å². The van der Waals surface area contributed by atoms with Gasteiger partial charge in [0.15, 0.2) is 5.82 Å². The molecule has 5 rings (SSSR count). The smallest absolute Gasteiger partial charge is 0.245 e. The molecule has 148 valence electrons. The van der Waals surface area contributed by atoms with Crippen molar-refractivity contribution in [3.63, 3.8) is 0 Å². The van der Waals surface area contributed by atoms with Crippen LogP contribution in [0.5, 0.6) is 0 Å². The van der Waals surface area contributed by atoms with Gasteiger partial charge < -0.3 is 0 Å². The van der Waals surface area contributed by atoms with E-state index < -0.39 is 0 Å². The Morgan fingerprint density at radius 3 is 2.59 bits per heavy atom. The van der Waals surface area contributed by atoms with E-state index in [0.29, 0.717) is 5.92 Å². The lowest BCUT2D eigenvalue weighted by Crippen LogP contribution is -2.54. The summed E-state index contributed by atoms with van der Waals surface area (Å²) in [4.78, 5) is 17.7. The molecule has 3 aromatic rings. The van der Waals surface area contributed by atoms with Gasteiger partial charge in [-0.1, -0.05) is 54.6 Å². The molecule has 5 nitrogen and oxygen atoms in total. The average molecular weight is 386 g/mol. The summed E-state index contributed by atoms with van der Waals surface area (Å²) in [7, 11) is 1.89. The SMILES string of the molecule is Cn1ccc(N2CCCC(N3Cc4ccccc4C(c4ccccc4)C3)C2=O)n1. The zero-order valence-electron chi connectivity index (χ0n) is 16.7. The van der Waals surface area contributed by atoms with E-state index in [-0.39, 0.29) is 11.9 Å². The third kappa shape index (κ3) is 3.36. The molecular formula is C24H26N4O. The number of fused-ring (bicyclic) bond motifs is 1. The Morgan fingerprint density at radius 2 is 1.79 bits per heavy atom. The molecule has 3 heterocycles. The number of carbonyl (C=O) groups is 1. The number of aryl methyl sites for hydroxylation is 1. The van der Waals surface area contributed by atoms with Crippen LogP contribution in [0.15, 0.2) is 66.9 Å². The van der Waals surface area contributed by atoms with Crippen LogP contribution < -0.4 is 4.90 Å². The molecule has 1 aromatic heterocycles. The van der Waals surface area contributed by atoms with Crippen molar-refractivity contribution < 1.29 is 4.79 Å². The maximum atomic E-state index is 13.4. The van der Waals surface area contributed by atoms with Crippen molar-refractivity contribution in [2.75, 3.05) is 18.0 Å². The van der Waals surface area contributed by atoms with E-state index in [0.717, 1.165) is 38.3 Å². The van der Waals surface area contributed by atoms with Crippen LogP contribution in [-0.4, -0.2) is 39.7 Å². The number of piperidine rings is 1. The summed E-state index contributed by atoms with van der Waals surface area (Å²) in [5.74, 6) is 1.24. The Morgan fingerprint density at radius 1 is 1.00 bits per heavy atom. The van der Waals surface area contributed by atoms with Gasteiger partial charge in [0.1, 0.15) is 0 Å². The fourth-order valence-corrected chi connectivity index (χ4v) is 4.81. The molecule has 0 bridgehead atoms. The largest absolute Gasteiger partial charge is 0.294 e. The van der Waals surface area contributed by atoms with Gasteiger partial charge in [-0.15, -0.1) is 0 Å². The minimum Gasteiger partial charge on any atom is -0.294 e. The molecule has 1 fully saturated rings. The third-order valence-corrected chi connectivity index (χ3v) is 6.25. The van der Waals surface area contributed by atoms with Gasteiger partial charge in [-0.05, 0) is 29.5 Å². The first-order valence-corrected chi connectivity index (χ1v) is 10.4. The van der Waals surface area contributed by atoms with Crippen LogP contribution in [-0.2, 0) is 18.4 Å². The summed E-state index contributed by atoms with van der Waals surface area (Å²) in [6.45, 7) is 2.44. The predicted molar refractivity (Wildman–Crippen MR) is 114 cm³/mol. The summed E-state index contributed by atoms with van der Waals surface area (Å²) in [6, 6.07) is 21.2. The zero-order valence-corrected chi connectivity index (χ0v) is 16.7. The van der Waals surface area contributed by atoms with Crippen LogP contribution in [0, 0.1) is 0 Å². The second-order valence-electron chi connectivity index (χ2n) is 8.09. The average Bonchev–Trinajstić information content (AvgIpc) is 3.20. The van der Waals surface area contributed by atoms with Crippen molar-refractivity contribution in [1.29, 1.82) is 0 Å². The second kappa shape index (κ2) is 7.48. The van der Waals surface area contributed by atoms with Gasteiger partial charge in [0.2, 0.25) is 5.91 Å². The first kappa shape index (κ1) is 18.1. The number of anilines is 1. The first-order valence-electron chi connectivity index (χ1n) is 10.4. The molecule has 2 atom stereocenters. The van der Waals surface area contributed by atoms with Gasteiger partial charge in [-0.25, -0.2) is 0 Å². The lowest BCUT2D eigenvalue weighted by Gasteiger charge is -2.42. The minimum atomic E-state index is -0.0923. The predicted octanol–water partition coefficient (Wildman–Crippen LogP) is 3.56. The fourth-order valence-electron chi connectivity index (χ4n) is 4.81. The number of carbonyl (C=O) groups excluding carboxylic acids is 1.